The highest BCUT2D eigenvalue weighted by Crippen LogP contribution is 2.40. The largest absolute Gasteiger partial charge is 0.490 e. The van der Waals surface area contributed by atoms with Crippen LogP contribution >= 0.6 is 0 Å². The van der Waals surface area contributed by atoms with E-state index in [0.717, 1.165) is 38.9 Å². The standard InChI is InChI=1S/C16H29NO3.C2HF3O2/c1-18-13-16-6-2-8-20-15(16)3-7-17(12-16)11-14-4-9-19-10-5-14;3-2(4,5)1(6)7/h14-15H,2-13H2,1H3;(H,6,7). The van der Waals surface area contributed by atoms with E-state index in [1.54, 1.807) is 0 Å². The lowest BCUT2D eigenvalue weighted by atomic mass is 9.72. The molecule has 0 aromatic heterocycles. The zero-order valence-electron chi connectivity index (χ0n) is 15.8. The number of carboxylic acid groups (broad SMARTS) is 1. The van der Waals surface area contributed by atoms with Crippen LogP contribution in [0.25, 0.3) is 0 Å². The van der Waals surface area contributed by atoms with Gasteiger partial charge in [-0.2, -0.15) is 13.2 Å². The van der Waals surface area contributed by atoms with E-state index >= 15 is 0 Å². The molecule has 0 amide bonds. The molecule has 0 radical (unpaired) electrons. The molecule has 0 aromatic rings. The van der Waals surface area contributed by atoms with E-state index < -0.39 is 12.1 Å². The van der Waals surface area contributed by atoms with Gasteiger partial charge in [0.05, 0.1) is 12.7 Å². The highest BCUT2D eigenvalue weighted by atomic mass is 19.4. The van der Waals surface area contributed by atoms with Gasteiger partial charge >= 0.3 is 12.1 Å². The fraction of sp³-hybridized carbons (Fsp3) is 0.944. The number of hydrogen-bond acceptors (Lipinski definition) is 5. The SMILES string of the molecule is COCC12CCCOC1CCN(CC1CCOCC1)C2.O=C(O)C(F)(F)F. The molecule has 0 aromatic carbocycles. The first-order valence-electron chi connectivity index (χ1n) is 9.47. The Morgan fingerprint density at radius 1 is 1.26 bits per heavy atom. The molecule has 9 heteroatoms. The Labute approximate surface area is 157 Å². The van der Waals surface area contributed by atoms with Crippen molar-refractivity contribution >= 4 is 5.97 Å². The first kappa shape index (κ1) is 22.4. The number of carboxylic acids is 1. The van der Waals surface area contributed by atoms with E-state index in [4.69, 9.17) is 24.1 Å². The Hall–Kier alpha value is -0.900. The summed E-state index contributed by atoms with van der Waals surface area (Å²) in [6.07, 6.45) is 1.41. The topological polar surface area (TPSA) is 68.2 Å². The maximum atomic E-state index is 10.6. The maximum absolute atomic E-state index is 10.6. The van der Waals surface area contributed by atoms with Crippen molar-refractivity contribution in [2.45, 2.75) is 44.4 Å². The monoisotopic (exact) mass is 397 g/mol. The molecular formula is C18H30F3NO5. The smallest absolute Gasteiger partial charge is 0.475 e. The van der Waals surface area contributed by atoms with Crippen LogP contribution in [0.2, 0.25) is 0 Å². The first-order chi connectivity index (χ1) is 12.8. The number of hydrogen-bond donors (Lipinski definition) is 1. The summed E-state index contributed by atoms with van der Waals surface area (Å²) in [5.74, 6) is -1.93. The molecule has 3 aliphatic heterocycles. The van der Waals surface area contributed by atoms with Gasteiger partial charge in [-0.3, -0.25) is 0 Å². The summed E-state index contributed by atoms with van der Waals surface area (Å²) in [7, 11) is 1.83. The molecule has 0 aliphatic carbocycles. The van der Waals surface area contributed by atoms with Crippen LogP contribution in [0.1, 0.15) is 32.1 Å². The lowest BCUT2D eigenvalue weighted by Crippen LogP contribution is -2.57. The lowest BCUT2D eigenvalue weighted by Gasteiger charge is -2.50. The number of carbonyl (C=O) groups is 1. The van der Waals surface area contributed by atoms with E-state index in [1.165, 1.54) is 45.2 Å². The van der Waals surface area contributed by atoms with E-state index in [0.29, 0.717) is 6.10 Å². The lowest BCUT2D eigenvalue weighted by molar-refractivity contribution is -0.192. The normalized spacial score (nSPS) is 30.1. The molecule has 0 saturated carbocycles. The summed E-state index contributed by atoms with van der Waals surface area (Å²) in [6, 6.07) is 0. The predicted octanol–water partition coefficient (Wildman–Crippen LogP) is 2.56. The first-order valence-corrected chi connectivity index (χ1v) is 9.47. The summed E-state index contributed by atoms with van der Waals surface area (Å²) >= 11 is 0. The van der Waals surface area contributed by atoms with Gasteiger partial charge in [-0.05, 0) is 38.0 Å². The van der Waals surface area contributed by atoms with Gasteiger partial charge in [-0.1, -0.05) is 0 Å². The molecule has 3 heterocycles. The van der Waals surface area contributed by atoms with E-state index in [2.05, 4.69) is 4.90 Å². The van der Waals surface area contributed by atoms with Crippen molar-refractivity contribution in [2.24, 2.45) is 11.3 Å². The zero-order valence-corrected chi connectivity index (χ0v) is 15.8. The van der Waals surface area contributed by atoms with Crippen molar-refractivity contribution in [1.82, 2.24) is 4.90 Å². The van der Waals surface area contributed by atoms with E-state index in [-0.39, 0.29) is 5.41 Å². The van der Waals surface area contributed by atoms with Gasteiger partial charge in [0.25, 0.3) is 0 Å². The van der Waals surface area contributed by atoms with Crippen LogP contribution in [0.5, 0.6) is 0 Å². The van der Waals surface area contributed by atoms with Crippen molar-refractivity contribution in [3.63, 3.8) is 0 Å². The maximum Gasteiger partial charge on any atom is 0.490 e. The Bertz CT molecular complexity index is 466. The minimum Gasteiger partial charge on any atom is -0.475 e. The summed E-state index contributed by atoms with van der Waals surface area (Å²) in [6.45, 7) is 7.27. The van der Waals surface area contributed by atoms with Crippen LogP contribution in [-0.4, -0.2) is 81.4 Å². The van der Waals surface area contributed by atoms with Crippen LogP contribution in [0.3, 0.4) is 0 Å². The van der Waals surface area contributed by atoms with Crippen LogP contribution in [0.4, 0.5) is 13.2 Å². The third-order valence-corrected chi connectivity index (χ3v) is 5.60. The van der Waals surface area contributed by atoms with Crippen LogP contribution in [0.15, 0.2) is 0 Å². The number of fused-ring (bicyclic) bond motifs is 1. The number of halogens is 3. The molecule has 3 fully saturated rings. The molecule has 0 bridgehead atoms. The molecule has 2 unspecified atom stereocenters. The fourth-order valence-corrected chi connectivity index (χ4v) is 4.33. The minimum absolute atomic E-state index is 0.246. The highest BCUT2D eigenvalue weighted by molar-refractivity contribution is 5.73. The predicted molar refractivity (Wildman–Crippen MR) is 91.6 cm³/mol. The van der Waals surface area contributed by atoms with Crippen molar-refractivity contribution in [2.75, 3.05) is 53.2 Å². The number of methoxy groups -OCH3 is 1. The molecule has 1 N–H and O–H groups in total. The van der Waals surface area contributed by atoms with Crippen molar-refractivity contribution in [3.8, 4) is 0 Å². The van der Waals surface area contributed by atoms with Crippen LogP contribution in [0, 0.1) is 11.3 Å². The molecule has 27 heavy (non-hydrogen) atoms. The number of alkyl halides is 3. The molecule has 2 atom stereocenters. The van der Waals surface area contributed by atoms with Crippen LogP contribution in [-0.2, 0) is 19.0 Å². The number of ether oxygens (including phenoxy) is 3. The molecule has 3 saturated heterocycles. The average Bonchev–Trinajstić information content (AvgIpc) is 2.62. The Morgan fingerprint density at radius 2 is 1.93 bits per heavy atom. The van der Waals surface area contributed by atoms with Gasteiger partial charge in [0.1, 0.15) is 0 Å². The third-order valence-electron chi connectivity index (χ3n) is 5.60. The summed E-state index contributed by atoms with van der Waals surface area (Å²) in [5.41, 5.74) is 0.246. The number of rotatable bonds is 4. The quantitative estimate of drug-likeness (QED) is 0.787. The van der Waals surface area contributed by atoms with Gasteiger partial charge in [0, 0.05) is 52.0 Å². The zero-order chi connectivity index (χ0) is 19.9. The van der Waals surface area contributed by atoms with E-state index in [1.807, 2.05) is 7.11 Å². The molecule has 0 spiro atoms. The number of nitrogens with zero attached hydrogens (tertiary/aromatic N) is 1. The van der Waals surface area contributed by atoms with Gasteiger partial charge < -0.3 is 24.2 Å². The summed E-state index contributed by atoms with van der Waals surface area (Å²) in [4.78, 5) is 11.6. The van der Waals surface area contributed by atoms with Crippen LogP contribution < -0.4 is 0 Å². The van der Waals surface area contributed by atoms with Crippen molar-refractivity contribution in [1.29, 1.82) is 0 Å². The second-order valence-corrected chi connectivity index (χ2v) is 7.64. The minimum atomic E-state index is -5.08. The van der Waals surface area contributed by atoms with Gasteiger partial charge in [-0.25, -0.2) is 4.79 Å². The molecular weight excluding hydrogens is 367 g/mol. The average molecular weight is 397 g/mol. The fourth-order valence-electron chi connectivity index (χ4n) is 4.33. The van der Waals surface area contributed by atoms with Crippen molar-refractivity contribution in [3.05, 3.63) is 0 Å². The third kappa shape index (κ3) is 6.58. The Balaban J connectivity index is 0.000000321. The molecule has 6 nitrogen and oxygen atoms in total. The van der Waals surface area contributed by atoms with Crippen molar-refractivity contribution < 1.29 is 37.3 Å². The highest BCUT2D eigenvalue weighted by Gasteiger charge is 2.46. The number of piperidine rings is 1. The second kappa shape index (κ2) is 10.0. The van der Waals surface area contributed by atoms with Gasteiger partial charge in [0.15, 0.2) is 0 Å². The molecule has 158 valence electrons. The molecule has 3 rings (SSSR count). The number of likely N-dealkylation sites (tertiary alicyclic amines) is 1. The number of aliphatic carboxylic acids is 1. The summed E-state index contributed by atoms with van der Waals surface area (Å²) in [5, 5.41) is 7.12. The Kier molecular flexibility index (Phi) is 8.33. The van der Waals surface area contributed by atoms with E-state index in [9.17, 15) is 13.2 Å². The van der Waals surface area contributed by atoms with Gasteiger partial charge in [-0.15, -0.1) is 0 Å². The second-order valence-electron chi connectivity index (χ2n) is 7.64. The van der Waals surface area contributed by atoms with Gasteiger partial charge in [0.2, 0.25) is 0 Å². The summed E-state index contributed by atoms with van der Waals surface area (Å²) < 4.78 is 48.8. The molecule has 3 aliphatic rings. The Morgan fingerprint density at radius 3 is 2.52 bits per heavy atom.